The van der Waals surface area contributed by atoms with Gasteiger partial charge in [0.25, 0.3) is 0 Å². The van der Waals surface area contributed by atoms with Gasteiger partial charge in [0.2, 0.25) is 0 Å². The number of rotatable bonds is 4. The SMILES string of the molecule is O=C(O)c1cc2c(nc1NCC1CCCCO1)CCC2. The Morgan fingerprint density at radius 1 is 1.40 bits per heavy atom. The topological polar surface area (TPSA) is 71.5 Å². The summed E-state index contributed by atoms with van der Waals surface area (Å²) in [4.78, 5) is 15.9. The predicted molar refractivity (Wildman–Crippen MR) is 75.3 cm³/mol. The second kappa shape index (κ2) is 5.79. The molecule has 0 amide bonds. The standard InChI is InChI=1S/C15H20N2O3/c18-15(19)12-8-10-4-3-6-13(10)17-14(12)16-9-11-5-1-2-7-20-11/h8,11H,1-7,9H2,(H,16,17)(H,18,19). The van der Waals surface area contributed by atoms with Crippen molar-refractivity contribution in [2.24, 2.45) is 0 Å². The molecule has 1 atom stereocenters. The minimum Gasteiger partial charge on any atom is -0.478 e. The molecule has 20 heavy (non-hydrogen) atoms. The van der Waals surface area contributed by atoms with Crippen LogP contribution in [0.3, 0.4) is 0 Å². The summed E-state index contributed by atoms with van der Waals surface area (Å²) in [5, 5.41) is 12.5. The first-order chi connectivity index (χ1) is 9.74. The molecule has 1 aliphatic carbocycles. The number of nitrogens with zero attached hydrogens (tertiary/aromatic N) is 1. The highest BCUT2D eigenvalue weighted by molar-refractivity contribution is 5.93. The van der Waals surface area contributed by atoms with Gasteiger partial charge in [-0.2, -0.15) is 0 Å². The van der Waals surface area contributed by atoms with E-state index < -0.39 is 5.97 Å². The number of ether oxygens (including phenoxy) is 1. The summed E-state index contributed by atoms with van der Waals surface area (Å²) >= 11 is 0. The van der Waals surface area contributed by atoms with E-state index in [9.17, 15) is 9.90 Å². The van der Waals surface area contributed by atoms with E-state index in [1.165, 1.54) is 6.42 Å². The number of aryl methyl sites for hydroxylation is 2. The highest BCUT2D eigenvalue weighted by Gasteiger charge is 2.21. The lowest BCUT2D eigenvalue weighted by atomic mass is 10.1. The first kappa shape index (κ1) is 13.4. The van der Waals surface area contributed by atoms with Gasteiger partial charge in [0.1, 0.15) is 11.4 Å². The van der Waals surface area contributed by atoms with Crippen LogP contribution in [-0.2, 0) is 17.6 Å². The maximum atomic E-state index is 11.4. The summed E-state index contributed by atoms with van der Waals surface area (Å²) in [6.07, 6.45) is 6.44. The molecular formula is C15H20N2O3. The number of carboxylic acids is 1. The summed E-state index contributed by atoms with van der Waals surface area (Å²) in [5.41, 5.74) is 2.41. The van der Waals surface area contributed by atoms with E-state index in [0.717, 1.165) is 50.0 Å². The molecule has 5 nitrogen and oxygen atoms in total. The van der Waals surface area contributed by atoms with Crippen LogP contribution in [0.2, 0.25) is 0 Å². The van der Waals surface area contributed by atoms with E-state index in [4.69, 9.17) is 4.74 Å². The molecule has 2 N–H and O–H groups in total. The van der Waals surface area contributed by atoms with Crippen molar-refractivity contribution in [2.75, 3.05) is 18.5 Å². The highest BCUT2D eigenvalue weighted by atomic mass is 16.5. The zero-order valence-electron chi connectivity index (χ0n) is 11.5. The summed E-state index contributed by atoms with van der Waals surface area (Å²) in [5.74, 6) is -0.424. The number of hydrogen-bond donors (Lipinski definition) is 2. The van der Waals surface area contributed by atoms with Gasteiger partial charge in [-0.05, 0) is 50.2 Å². The average Bonchev–Trinajstić information content (AvgIpc) is 2.92. The number of pyridine rings is 1. The zero-order valence-corrected chi connectivity index (χ0v) is 11.5. The van der Waals surface area contributed by atoms with Gasteiger partial charge in [0, 0.05) is 18.8 Å². The lowest BCUT2D eigenvalue weighted by Crippen LogP contribution is -2.28. The van der Waals surface area contributed by atoms with Crippen molar-refractivity contribution in [3.05, 3.63) is 22.9 Å². The van der Waals surface area contributed by atoms with Crippen molar-refractivity contribution in [3.8, 4) is 0 Å². The first-order valence-electron chi connectivity index (χ1n) is 7.35. The van der Waals surface area contributed by atoms with Crippen molar-refractivity contribution >= 4 is 11.8 Å². The second-order valence-corrected chi connectivity index (χ2v) is 5.52. The van der Waals surface area contributed by atoms with Crippen molar-refractivity contribution in [3.63, 3.8) is 0 Å². The van der Waals surface area contributed by atoms with Gasteiger partial charge >= 0.3 is 5.97 Å². The summed E-state index contributed by atoms with van der Waals surface area (Å²) in [6, 6.07) is 1.78. The Hall–Kier alpha value is -1.62. The van der Waals surface area contributed by atoms with E-state index in [-0.39, 0.29) is 11.7 Å². The van der Waals surface area contributed by atoms with Gasteiger partial charge in [-0.15, -0.1) is 0 Å². The third-order valence-corrected chi connectivity index (χ3v) is 4.05. The van der Waals surface area contributed by atoms with Gasteiger partial charge < -0.3 is 15.2 Å². The van der Waals surface area contributed by atoms with Crippen molar-refractivity contribution < 1.29 is 14.6 Å². The fourth-order valence-electron chi connectivity index (χ4n) is 2.95. The molecule has 1 unspecified atom stereocenters. The molecular weight excluding hydrogens is 256 g/mol. The van der Waals surface area contributed by atoms with Gasteiger partial charge in [-0.3, -0.25) is 0 Å². The van der Waals surface area contributed by atoms with Crippen LogP contribution >= 0.6 is 0 Å². The monoisotopic (exact) mass is 276 g/mol. The molecule has 2 aliphatic rings. The number of carbonyl (C=O) groups is 1. The van der Waals surface area contributed by atoms with Crippen LogP contribution in [-0.4, -0.2) is 35.3 Å². The lowest BCUT2D eigenvalue weighted by Gasteiger charge is -2.23. The number of aromatic nitrogens is 1. The minimum atomic E-state index is -0.917. The number of carboxylic acid groups (broad SMARTS) is 1. The molecule has 0 bridgehead atoms. The van der Waals surface area contributed by atoms with Crippen LogP contribution in [0.25, 0.3) is 0 Å². The van der Waals surface area contributed by atoms with Gasteiger partial charge in [0.15, 0.2) is 0 Å². The average molecular weight is 276 g/mol. The molecule has 1 fully saturated rings. The molecule has 1 saturated heterocycles. The number of nitrogens with one attached hydrogen (secondary N) is 1. The maximum absolute atomic E-state index is 11.4. The highest BCUT2D eigenvalue weighted by Crippen LogP contribution is 2.25. The van der Waals surface area contributed by atoms with E-state index >= 15 is 0 Å². The van der Waals surface area contributed by atoms with Crippen LogP contribution in [0.1, 0.15) is 47.3 Å². The first-order valence-corrected chi connectivity index (χ1v) is 7.35. The van der Waals surface area contributed by atoms with Crippen LogP contribution in [0.15, 0.2) is 6.07 Å². The largest absolute Gasteiger partial charge is 0.478 e. The molecule has 1 aromatic heterocycles. The smallest absolute Gasteiger partial charge is 0.339 e. The van der Waals surface area contributed by atoms with Crippen LogP contribution in [0.5, 0.6) is 0 Å². The number of aromatic carboxylic acids is 1. The Bertz CT molecular complexity index is 510. The number of hydrogen-bond acceptors (Lipinski definition) is 4. The molecule has 0 spiro atoms. The fraction of sp³-hybridized carbons (Fsp3) is 0.600. The van der Waals surface area contributed by atoms with E-state index in [1.807, 2.05) is 0 Å². The molecule has 3 rings (SSSR count). The fourth-order valence-corrected chi connectivity index (χ4v) is 2.95. The van der Waals surface area contributed by atoms with Crippen LogP contribution in [0.4, 0.5) is 5.82 Å². The second-order valence-electron chi connectivity index (χ2n) is 5.52. The molecule has 0 saturated carbocycles. The van der Waals surface area contributed by atoms with E-state index in [1.54, 1.807) is 6.07 Å². The Balaban J connectivity index is 1.75. The zero-order chi connectivity index (χ0) is 13.9. The Labute approximate surface area is 118 Å². The summed E-state index contributed by atoms with van der Waals surface area (Å²) in [6.45, 7) is 1.43. The predicted octanol–water partition coefficient (Wildman–Crippen LogP) is 2.25. The minimum absolute atomic E-state index is 0.167. The van der Waals surface area contributed by atoms with E-state index in [0.29, 0.717) is 12.4 Å². The number of anilines is 1. The molecule has 0 radical (unpaired) electrons. The van der Waals surface area contributed by atoms with Crippen LogP contribution < -0.4 is 5.32 Å². The third kappa shape index (κ3) is 2.77. The molecule has 1 aromatic rings. The molecule has 5 heteroatoms. The molecule has 1 aliphatic heterocycles. The van der Waals surface area contributed by atoms with Gasteiger partial charge in [0.05, 0.1) is 6.10 Å². The normalized spacial score (nSPS) is 21.5. The Kier molecular flexibility index (Phi) is 3.87. The van der Waals surface area contributed by atoms with Gasteiger partial charge in [-0.25, -0.2) is 9.78 Å². The van der Waals surface area contributed by atoms with Crippen molar-refractivity contribution in [1.82, 2.24) is 4.98 Å². The number of fused-ring (bicyclic) bond motifs is 1. The summed E-state index contributed by atoms with van der Waals surface area (Å²) in [7, 11) is 0. The molecule has 0 aromatic carbocycles. The van der Waals surface area contributed by atoms with Crippen molar-refractivity contribution in [2.45, 2.75) is 44.6 Å². The van der Waals surface area contributed by atoms with Crippen LogP contribution in [0, 0.1) is 0 Å². The maximum Gasteiger partial charge on any atom is 0.339 e. The molecule has 108 valence electrons. The summed E-state index contributed by atoms with van der Waals surface area (Å²) < 4.78 is 5.65. The Morgan fingerprint density at radius 2 is 2.30 bits per heavy atom. The lowest BCUT2D eigenvalue weighted by molar-refractivity contribution is 0.0247. The Morgan fingerprint density at radius 3 is 3.05 bits per heavy atom. The third-order valence-electron chi connectivity index (χ3n) is 4.05. The van der Waals surface area contributed by atoms with E-state index in [2.05, 4.69) is 10.3 Å². The quantitative estimate of drug-likeness (QED) is 0.882. The van der Waals surface area contributed by atoms with Gasteiger partial charge in [-0.1, -0.05) is 0 Å². The molecule has 2 heterocycles. The van der Waals surface area contributed by atoms with Crippen molar-refractivity contribution in [1.29, 1.82) is 0 Å².